The molecule has 2 aromatic heterocycles. The summed E-state index contributed by atoms with van der Waals surface area (Å²) in [6.07, 6.45) is 0. The molecule has 3 rings (SSSR count). The van der Waals surface area contributed by atoms with Crippen molar-refractivity contribution in [3.05, 3.63) is 44.8 Å². The Labute approximate surface area is 112 Å². The zero-order chi connectivity index (χ0) is 12.9. The maximum Gasteiger partial charge on any atom is 0.259 e. The average molecular weight is 306 g/mol. The summed E-state index contributed by atoms with van der Waals surface area (Å²) in [7, 11) is 0. The molecule has 1 aromatic carbocycles. The molecule has 0 saturated heterocycles. The van der Waals surface area contributed by atoms with Crippen LogP contribution in [0.5, 0.6) is 0 Å². The predicted molar refractivity (Wildman–Crippen MR) is 75.1 cm³/mol. The maximum absolute atomic E-state index is 12.0. The highest BCUT2D eigenvalue weighted by atomic mass is 79.9. The van der Waals surface area contributed by atoms with Crippen LogP contribution in [-0.4, -0.2) is 14.6 Å². The Morgan fingerprint density at radius 3 is 2.83 bits per heavy atom. The monoisotopic (exact) mass is 305 g/mol. The van der Waals surface area contributed by atoms with Crippen molar-refractivity contribution in [3.8, 4) is 0 Å². The number of H-pyrrole nitrogens is 1. The van der Waals surface area contributed by atoms with Gasteiger partial charge in [-0.15, -0.1) is 0 Å². The maximum atomic E-state index is 12.0. The molecule has 0 fully saturated rings. The quantitative estimate of drug-likeness (QED) is 0.751. The Morgan fingerprint density at radius 2 is 2.11 bits per heavy atom. The van der Waals surface area contributed by atoms with E-state index in [2.05, 4.69) is 39.9 Å². The molecule has 0 unspecified atom stereocenters. The number of nitrogens with one attached hydrogen (secondary N) is 1. The van der Waals surface area contributed by atoms with Crippen molar-refractivity contribution < 1.29 is 0 Å². The Kier molecular flexibility index (Phi) is 2.52. The third-order valence-corrected chi connectivity index (χ3v) is 3.49. The van der Waals surface area contributed by atoms with Crippen LogP contribution in [0.3, 0.4) is 0 Å². The van der Waals surface area contributed by atoms with Crippen LogP contribution in [0.4, 0.5) is 0 Å². The highest BCUT2D eigenvalue weighted by molar-refractivity contribution is 9.10. The van der Waals surface area contributed by atoms with Crippen LogP contribution in [0.25, 0.3) is 16.6 Å². The van der Waals surface area contributed by atoms with Crippen molar-refractivity contribution in [1.82, 2.24) is 14.6 Å². The van der Waals surface area contributed by atoms with Crippen LogP contribution >= 0.6 is 15.9 Å². The highest BCUT2D eigenvalue weighted by Crippen LogP contribution is 2.20. The summed E-state index contributed by atoms with van der Waals surface area (Å²) in [5, 5.41) is 5.19. The number of hydrogen-bond donors (Lipinski definition) is 1. The first-order chi connectivity index (χ1) is 8.56. The van der Waals surface area contributed by atoms with E-state index in [1.165, 1.54) is 0 Å². The van der Waals surface area contributed by atoms with Crippen LogP contribution in [0.1, 0.15) is 25.5 Å². The van der Waals surface area contributed by atoms with Gasteiger partial charge in [0.05, 0.1) is 16.6 Å². The molecule has 0 aliphatic rings. The molecular weight excluding hydrogens is 294 g/mol. The lowest BCUT2D eigenvalue weighted by Crippen LogP contribution is -2.09. The molecule has 0 atom stereocenters. The zero-order valence-electron chi connectivity index (χ0n) is 10.1. The van der Waals surface area contributed by atoms with Gasteiger partial charge in [0.2, 0.25) is 0 Å². The SMILES string of the molecule is CC(C)c1cc2[nH]c(=O)c3ccc(Br)cc3n2n1. The first-order valence-electron chi connectivity index (χ1n) is 5.77. The van der Waals surface area contributed by atoms with Gasteiger partial charge in [0, 0.05) is 10.5 Å². The van der Waals surface area contributed by atoms with Gasteiger partial charge < -0.3 is 4.98 Å². The number of aromatic amines is 1. The standard InChI is InChI=1S/C13H12BrN3O/c1-7(2)10-6-12-15-13(18)9-4-3-8(14)5-11(9)17(12)16-10/h3-7H,1-2H3,(H,15,18). The molecule has 4 nitrogen and oxygen atoms in total. The smallest absolute Gasteiger partial charge is 0.259 e. The van der Waals surface area contributed by atoms with Crippen LogP contribution in [0.2, 0.25) is 0 Å². The second-order valence-corrected chi connectivity index (χ2v) is 5.55. The minimum Gasteiger partial charge on any atom is -0.306 e. The minimum absolute atomic E-state index is 0.0831. The number of rotatable bonds is 1. The molecular formula is C13H12BrN3O. The molecule has 18 heavy (non-hydrogen) atoms. The van der Waals surface area contributed by atoms with Gasteiger partial charge in [-0.3, -0.25) is 4.79 Å². The molecule has 0 radical (unpaired) electrons. The molecule has 2 heterocycles. The molecule has 3 aromatic rings. The van der Waals surface area contributed by atoms with E-state index in [1.54, 1.807) is 10.6 Å². The fourth-order valence-corrected chi connectivity index (χ4v) is 2.36. The minimum atomic E-state index is -0.0831. The summed E-state index contributed by atoms with van der Waals surface area (Å²) < 4.78 is 2.72. The van der Waals surface area contributed by atoms with Crippen LogP contribution < -0.4 is 5.56 Å². The molecule has 0 bridgehead atoms. The molecule has 5 heteroatoms. The number of fused-ring (bicyclic) bond motifs is 3. The number of halogens is 1. The van der Waals surface area contributed by atoms with Gasteiger partial charge in [-0.1, -0.05) is 29.8 Å². The normalized spacial score (nSPS) is 11.8. The first kappa shape index (κ1) is 11.5. The summed E-state index contributed by atoms with van der Waals surface area (Å²) in [5.41, 5.74) is 2.43. The van der Waals surface area contributed by atoms with Gasteiger partial charge >= 0.3 is 0 Å². The van der Waals surface area contributed by atoms with Gasteiger partial charge in [-0.2, -0.15) is 5.10 Å². The molecule has 0 spiro atoms. The van der Waals surface area contributed by atoms with E-state index in [0.717, 1.165) is 21.3 Å². The topological polar surface area (TPSA) is 50.2 Å². The van der Waals surface area contributed by atoms with E-state index in [9.17, 15) is 4.79 Å². The van der Waals surface area contributed by atoms with E-state index < -0.39 is 0 Å². The summed E-state index contributed by atoms with van der Waals surface area (Å²) >= 11 is 3.43. The lowest BCUT2D eigenvalue weighted by atomic mass is 10.1. The van der Waals surface area contributed by atoms with Crippen molar-refractivity contribution >= 4 is 32.5 Å². The van der Waals surface area contributed by atoms with E-state index in [0.29, 0.717) is 11.3 Å². The molecule has 1 N–H and O–H groups in total. The molecule has 0 aliphatic carbocycles. The van der Waals surface area contributed by atoms with Crippen molar-refractivity contribution in [2.24, 2.45) is 0 Å². The van der Waals surface area contributed by atoms with Crippen molar-refractivity contribution in [2.45, 2.75) is 19.8 Å². The predicted octanol–water partition coefficient (Wildman–Crippen LogP) is 3.06. The lowest BCUT2D eigenvalue weighted by molar-refractivity contribution is 0.795. The van der Waals surface area contributed by atoms with Crippen LogP contribution in [0, 0.1) is 0 Å². The fraction of sp³-hybridized carbons (Fsp3) is 0.231. The van der Waals surface area contributed by atoms with Crippen LogP contribution in [-0.2, 0) is 0 Å². The number of benzene rings is 1. The number of nitrogens with zero attached hydrogens (tertiary/aromatic N) is 2. The second-order valence-electron chi connectivity index (χ2n) is 4.64. The second kappa shape index (κ2) is 3.95. The Bertz CT molecular complexity index is 801. The zero-order valence-corrected chi connectivity index (χ0v) is 11.7. The van der Waals surface area contributed by atoms with Gasteiger partial charge in [0.15, 0.2) is 0 Å². The van der Waals surface area contributed by atoms with E-state index in [-0.39, 0.29) is 5.56 Å². The summed E-state index contributed by atoms with van der Waals surface area (Å²) in [5.74, 6) is 0.329. The van der Waals surface area contributed by atoms with E-state index in [4.69, 9.17) is 0 Å². The molecule has 0 aliphatic heterocycles. The summed E-state index contributed by atoms with van der Waals surface area (Å²) in [4.78, 5) is 14.8. The van der Waals surface area contributed by atoms with Crippen molar-refractivity contribution in [1.29, 1.82) is 0 Å². The Hall–Kier alpha value is -1.62. The lowest BCUT2D eigenvalue weighted by Gasteiger charge is -2.01. The largest absolute Gasteiger partial charge is 0.306 e. The van der Waals surface area contributed by atoms with Crippen molar-refractivity contribution in [3.63, 3.8) is 0 Å². The highest BCUT2D eigenvalue weighted by Gasteiger charge is 2.10. The van der Waals surface area contributed by atoms with E-state index in [1.807, 2.05) is 18.2 Å². The third kappa shape index (κ3) is 1.66. The van der Waals surface area contributed by atoms with Gasteiger partial charge in [-0.05, 0) is 24.1 Å². The Morgan fingerprint density at radius 1 is 1.33 bits per heavy atom. The first-order valence-corrected chi connectivity index (χ1v) is 6.57. The Balaban J connectivity index is 2.50. The van der Waals surface area contributed by atoms with Crippen molar-refractivity contribution in [2.75, 3.05) is 0 Å². The average Bonchev–Trinajstić information content (AvgIpc) is 2.73. The van der Waals surface area contributed by atoms with Crippen LogP contribution in [0.15, 0.2) is 33.5 Å². The van der Waals surface area contributed by atoms with Gasteiger partial charge in [0.1, 0.15) is 5.65 Å². The third-order valence-electron chi connectivity index (χ3n) is 2.99. The number of aromatic nitrogens is 3. The van der Waals surface area contributed by atoms with Gasteiger partial charge in [0.25, 0.3) is 5.56 Å². The van der Waals surface area contributed by atoms with Gasteiger partial charge in [-0.25, -0.2) is 4.52 Å². The molecule has 0 saturated carbocycles. The summed E-state index contributed by atoms with van der Waals surface area (Å²) in [6.45, 7) is 4.16. The fourth-order valence-electron chi connectivity index (χ4n) is 2.01. The molecule has 0 amide bonds. The molecule has 92 valence electrons. The summed E-state index contributed by atoms with van der Waals surface area (Å²) in [6, 6.07) is 7.49. The number of hydrogen-bond acceptors (Lipinski definition) is 2. The van der Waals surface area contributed by atoms with E-state index >= 15 is 0 Å².